The summed E-state index contributed by atoms with van der Waals surface area (Å²) in [6.07, 6.45) is 2.02. The minimum Gasteiger partial charge on any atom is -0.497 e. The summed E-state index contributed by atoms with van der Waals surface area (Å²) in [5.41, 5.74) is 3.37. The zero-order valence-electron chi connectivity index (χ0n) is 17.9. The second-order valence-corrected chi connectivity index (χ2v) is 7.11. The molecule has 0 spiro atoms. The van der Waals surface area contributed by atoms with Gasteiger partial charge < -0.3 is 15.0 Å². The van der Waals surface area contributed by atoms with E-state index in [0.717, 1.165) is 23.3 Å². The van der Waals surface area contributed by atoms with Crippen LogP contribution in [0.15, 0.2) is 48.5 Å². The molecule has 2 aromatic carbocycles. The highest BCUT2D eigenvalue weighted by Crippen LogP contribution is 2.16. The van der Waals surface area contributed by atoms with Gasteiger partial charge in [0, 0.05) is 19.5 Å². The van der Waals surface area contributed by atoms with Crippen LogP contribution in [0.3, 0.4) is 0 Å². The molecule has 1 atom stereocenters. The number of benzene rings is 2. The Kier molecular flexibility index (Phi) is 8.71. The Labute approximate surface area is 174 Å². The van der Waals surface area contributed by atoms with Gasteiger partial charge in [0.05, 0.1) is 7.11 Å². The third kappa shape index (κ3) is 6.63. The van der Waals surface area contributed by atoms with Crippen molar-refractivity contribution in [1.82, 2.24) is 10.2 Å². The van der Waals surface area contributed by atoms with Crippen molar-refractivity contribution in [3.63, 3.8) is 0 Å². The maximum atomic E-state index is 13.0. The highest BCUT2D eigenvalue weighted by molar-refractivity contribution is 5.87. The average Bonchev–Trinajstić information content (AvgIpc) is 2.76. The van der Waals surface area contributed by atoms with E-state index in [1.807, 2.05) is 31.2 Å². The van der Waals surface area contributed by atoms with Crippen LogP contribution >= 0.6 is 0 Å². The van der Waals surface area contributed by atoms with Gasteiger partial charge in [0.1, 0.15) is 11.8 Å². The second-order valence-electron chi connectivity index (χ2n) is 7.11. The third-order valence-corrected chi connectivity index (χ3v) is 5.09. The quantitative estimate of drug-likeness (QED) is 0.665. The molecule has 2 rings (SSSR count). The lowest BCUT2D eigenvalue weighted by Crippen LogP contribution is -2.47. The van der Waals surface area contributed by atoms with Crippen LogP contribution < -0.4 is 10.1 Å². The first kappa shape index (κ1) is 22.5. The molecule has 1 N–H and O–H groups in total. The summed E-state index contributed by atoms with van der Waals surface area (Å²) in [5.74, 6) is 0.597. The number of hydrogen-bond donors (Lipinski definition) is 1. The minimum atomic E-state index is -0.535. The number of rotatable bonds is 10. The lowest BCUT2D eigenvalue weighted by atomic mass is 10.0. The molecular weight excluding hydrogens is 364 g/mol. The van der Waals surface area contributed by atoms with E-state index in [9.17, 15) is 9.59 Å². The Bertz CT molecular complexity index is 785. The summed E-state index contributed by atoms with van der Waals surface area (Å²) in [4.78, 5) is 27.1. The van der Waals surface area contributed by atoms with E-state index in [0.29, 0.717) is 25.9 Å². The molecule has 156 valence electrons. The van der Waals surface area contributed by atoms with Crippen molar-refractivity contribution < 1.29 is 14.3 Å². The largest absolute Gasteiger partial charge is 0.497 e. The number of aryl methyl sites for hydroxylation is 2. The predicted octanol–water partition coefficient (Wildman–Crippen LogP) is 3.74. The molecule has 0 saturated heterocycles. The zero-order chi connectivity index (χ0) is 21.2. The number of nitrogens with zero attached hydrogens (tertiary/aromatic N) is 1. The number of carbonyl (C=O) groups excluding carboxylic acids is 2. The molecule has 29 heavy (non-hydrogen) atoms. The van der Waals surface area contributed by atoms with Crippen molar-refractivity contribution in [2.75, 3.05) is 13.7 Å². The molecule has 0 aliphatic carbocycles. The monoisotopic (exact) mass is 396 g/mol. The standard InChI is InChI=1S/C24H32N2O3/c1-5-19-7-9-20(10-8-19)13-16-23(27)26(18(3)24(28)25-6-2)17-21-11-14-22(29-4)15-12-21/h7-12,14-15,18H,5-6,13,16-17H2,1-4H3,(H,25,28)/t18-/m0/s1. The Hall–Kier alpha value is -2.82. The molecular formula is C24H32N2O3. The molecule has 0 aliphatic heterocycles. The fourth-order valence-corrected chi connectivity index (χ4v) is 3.17. The van der Waals surface area contributed by atoms with Crippen LogP contribution in [-0.2, 0) is 29.0 Å². The lowest BCUT2D eigenvalue weighted by molar-refractivity contribution is -0.140. The summed E-state index contributed by atoms with van der Waals surface area (Å²) in [6, 6.07) is 15.4. The van der Waals surface area contributed by atoms with Gasteiger partial charge >= 0.3 is 0 Å². The molecule has 0 unspecified atom stereocenters. The molecule has 2 amide bonds. The van der Waals surface area contributed by atoms with Crippen molar-refractivity contribution in [2.45, 2.75) is 52.6 Å². The molecule has 0 heterocycles. The molecule has 0 saturated carbocycles. The van der Waals surface area contributed by atoms with Crippen LogP contribution in [0.2, 0.25) is 0 Å². The maximum absolute atomic E-state index is 13.0. The molecule has 2 aromatic rings. The average molecular weight is 397 g/mol. The highest BCUT2D eigenvalue weighted by atomic mass is 16.5. The Morgan fingerprint density at radius 3 is 2.10 bits per heavy atom. The van der Waals surface area contributed by atoms with E-state index in [2.05, 4.69) is 36.5 Å². The van der Waals surface area contributed by atoms with Gasteiger partial charge in [-0.3, -0.25) is 9.59 Å². The SMILES string of the molecule is CCNC(=O)[C@H](C)N(Cc1ccc(OC)cc1)C(=O)CCc1ccc(CC)cc1. The molecule has 0 fully saturated rings. The molecule has 0 radical (unpaired) electrons. The van der Waals surface area contributed by atoms with Crippen molar-refractivity contribution in [3.05, 3.63) is 65.2 Å². The fraction of sp³-hybridized carbons (Fsp3) is 0.417. The Morgan fingerprint density at radius 1 is 0.966 bits per heavy atom. The van der Waals surface area contributed by atoms with Gasteiger partial charge in [-0.2, -0.15) is 0 Å². The first-order valence-electron chi connectivity index (χ1n) is 10.3. The van der Waals surface area contributed by atoms with E-state index in [1.54, 1.807) is 18.9 Å². The first-order chi connectivity index (χ1) is 14.0. The van der Waals surface area contributed by atoms with E-state index in [-0.39, 0.29) is 11.8 Å². The first-order valence-corrected chi connectivity index (χ1v) is 10.3. The van der Waals surface area contributed by atoms with Gasteiger partial charge in [-0.25, -0.2) is 0 Å². The third-order valence-electron chi connectivity index (χ3n) is 5.09. The van der Waals surface area contributed by atoms with Crippen LogP contribution in [0.4, 0.5) is 0 Å². The maximum Gasteiger partial charge on any atom is 0.242 e. The topological polar surface area (TPSA) is 58.6 Å². The van der Waals surface area contributed by atoms with Crippen LogP contribution in [-0.4, -0.2) is 36.4 Å². The van der Waals surface area contributed by atoms with Gasteiger partial charge in [-0.1, -0.05) is 43.3 Å². The molecule has 0 bridgehead atoms. The van der Waals surface area contributed by atoms with E-state index in [4.69, 9.17) is 4.74 Å². The number of ether oxygens (including phenoxy) is 1. The van der Waals surface area contributed by atoms with Crippen molar-refractivity contribution in [2.24, 2.45) is 0 Å². The smallest absolute Gasteiger partial charge is 0.242 e. The summed E-state index contributed by atoms with van der Waals surface area (Å²) < 4.78 is 5.20. The van der Waals surface area contributed by atoms with Crippen molar-refractivity contribution in [1.29, 1.82) is 0 Å². The number of hydrogen-bond acceptors (Lipinski definition) is 3. The summed E-state index contributed by atoms with van der Waals surface area (Å²) in [6.45, 7) is 6.70. The van der Waals surface area contributed by atoms with Crippen molar-refractivity contribution >= 4 is 11.8 Å². The van der Waals surface area contributed by atoms with Crippen LogP contribution in [0.25, 0.3) is 0 Å². The number of amides is 2. The second kappa shape index (κ2) is 11.2. The van der Waals surface area contributed by atoms with Gasteiger partial charge in [0.2, 0.25) is 11.8 Å². The number of nitrogens with one attached hydrogen (secondary N) is 1. The van der Waals surface area contributed by atoms with E-state index in [1.165, 1.54) is 5.56 Å². The summed E-state index contributed by atoms with van der Waals surface area (Å²) in [5, 5.41) is 2.82. The fourth-order valence-electron chi connectivity index (χ4n) is 3.17. The van der Waals surface area contributed by atoms with Crippen molar-refractivity contribution in [3.8, 4) is 5.75 Å². The van der Waals surface area contributed by atoms with Gasteiger partial charge in [-0.05, 0) is 55.5 Å². The summed E-state index contributed by atoms with van der Waals surface area (Å²) >= 11 is 0. The Balaban J connectivity index is 2.10. The number of methoxy groups -OCH3 is 1. The number of carbonyl (C=O) groups is 2. The summed E-state index contributed by atoms with van der Waals surface area (Å²) in [7, 11) is 1.62. The normalized spacial score (nSPS) is 11.6. The minimum absolute atomic E-state index is 0.0286. The zero-order valence-corrected chi connectivity index (χ0v) is 17.9. The van der Waals surface area contributed by atoms with Crippen LogP contribution in [0.5, 0.6) is 5.75 Å². The highest BCUT2D eigenvalue weighted by Gasteiger charge is 2.25. The molecule has 5 nitrogen and oxygen atoms in total. The van der Waals surface area contributed by atoms with E-state index >= 15 is 0 Å². The van der Waals surface area contributed by atoms with Gasteiger partial charge in [-0.15, -0.1) is 0 Å². The Morgan fingerprint density at radius 2 is 1.55 bits per heavy atom. The van der Waals surface area contributed by atoms with E-state index < -0.39 is 6.04 Å². The molecule has 5 heteroatoms. The molecule has 0 aliphatic rings. The van der Waals surface area contributed by atoms with Crippen LogP contribution in [0, 0.1) is 0 Å². The molecule has 0 aromatic heterocycles. The van der Waals surface area contributed by atoms with Gasteiger partial charge in [0.15, 0.2) is 0 Å². The predicted molar refractivity (Wildman–Crippen MR) is 116 cm³/mol. The number of likely N-dealkylation sites (N-methyl/N-ethyl adjacent to an activating group) is 1. The van der Waals surface area contributed by atoms with Crippen LogP contribution in [0.1, 0.15) is 43.9 Å². The van der Waals surface area contributed by atoms with Gasteiger partial charge in [0.25, 0.3) is 0 Å². The lowest BCUT2D eigenvalue weighted by Gasteiger charge is -2.29.